The lowest BCUT2D eigenvalue weighted by Gasteiger charge is -2.16. The number of nitrogens with one attached hydrogen (secondary N) is 1. The molecule has 0 aliphatic carbocycles. The molecule has 1 heterocycles. The van der Waals surface area contributed by atoms with E-state index in [2.05, 4.69) is 10.4 Å². The van der Waals surface area contributed by atoms with Crippen LogP contribution in [-0.4, -0.2) is 4.98 Å². The van der Waals surface area contributed by atoms with Gasteiger partial charge in [0.2, 0.25) is 0 Å². The van der Waals surface area contributed by atoms with Crippen molar-refractivity contribution < 1.29 is 0 Å². The van der Waals surface area contributed by atoms with Gasteiger partial charge >= 0.3 is 0 Å². The summed E-state index contributed by atoms with van der Waals surface area (Å²) in [6.07, 6.45) is 0.679. The zero-order valence-electron chi connectivity index (χ0n) is 10.7. The van der Waals surface area contributed by atoms with Crippen LogP contribution in [-0.2, 0) is 6.42 Å². The average Bonchev–Trinajstić information content (AvgIpc) is 2.70. The molecule has 1 aromatic carbocycles. The van der Waals surface area contributed by atoms with Crippen LogP contribution in [0.2, 0.25) is 10.0 Å². The van der Waals surface area contributed by atoms with Gasteiger partial charge in [-0.2, -0.15) is 0 Å². The molecule has 0 amide bonds. The lowest BCUT2D eigenvalue weighted by Crippen LogP contribution is -2.29. The van der Waals surface area contributed by atoms with E-state index in [-0.39, 0.29) is 6.04 Å². The Kier molecular flexibility index (Phi) is 4.81. The van der Waals surface area contributed by atoms with Gasteiger partial charge in [-0.05, 0) is 31.9 Å². The van der Waals surface area contributed by atoms with Crippen molar-refractivity contribution in [2.24, 2.45) is 5.84 Å². The summed E-state index contributed by atoms with van der Waals surface area (Å²) in [5.74, 6) is 5.67. The highest BCUT2D eigenvalue weighted by atomic mass is 35.5. The molecule has 19 heavy (non-hydrogen) atoms. The Morgan fingerprint density at radius 1 is 1.37 bits per heavy atom. The number of halogens is 2. The van der Waals surface area contributed by atoms with Crippen LogP contribution in [0, 0.1) is 13.8 Å². The molecule has 1 unspecified atom stereocenters. The normalized spacial score (nSPS) is 12.7. The Morgan fingerprint density at radius 3 is 2.68 bits per heavy atom. The van der Waals surface area contributed by atoms with E-state index in [1.807, 2.05) is 26.0 Å². The number of rotatable bonds is 4. The number of aryl methyl sites for hydroxylation is 2. The molecule has 0 fully saturated rings. The predicted molar refractivity (Wildman–Crippen MR) is 81.8 cm³/mol. The highest BCUT2D eigenvalue weighted by Crippen LogP contribution is 2.31. The van der Waals surface area contributed by atoms with Crippen LogP contribution in [0.3, 0.4) is 0 Å². The fourth-order valence-electron chi connectivity index (χ4n) is 2.02. The second-order valence-electron chi connectivity index (χ2n) is 4.32. The molecule has 102 valence electrons. The topological polar surface area (TPSA) is 50.9 Å². The van der Waals surface area contributed by atoms with Crippen LogP contribution in [0.25, 0.3) is 0 Å². The lowest BCUT2D eigenvalue weighted by molar-refractivity contribution is 0.557. The quantitative estimate of drug-likeness (QED) is 0.666. The van der Waals surface area contributed by atoms with Gasteiger partial charge in [0.25, 0.3) is 0 Å². The maximum Gasteiger partial charge on any atom is 0.0900 e. The van der Waals surface area contributed by atoms with Gasteiger partial charge in [0, 0.05) is 4.88 Å². The fourth-order valence-corrected chi connectivity index (χ4v) is 3.41. The first-order valence-corrected chi connectivity index (χ1v) is 7.43. The smallest absolute Gasteiger partial charge is 0.0900 e. The van der Waals surface area contributed by atoms with E-state index in [9.17, 15) is 0 Å². The summed E-state index contributed by atoms with van der Waals surface area (Å²) in [5.41, 5.74) is 4.81. The van der Waals surface area contributed by atoms with Crippen molar-refractivity contribution in [2.45, 2.75) is 26.3 Å². The van der Waals surface area contributed by atoms with Crippen LogP contribution in [0.5, 0.6) is 0 Å². The summed E-state index contributed by atoms with van der Waals surface area (Å²) in [4.78, 5) is 5.56. The van der Waals surface area contributed by atoms with Gasteiger partial charge in [-0.3, -0.25) is 11.3 Å². The fraction of sp³-hybridized carbons (Fsp3) is 0.308. The zero-order chi connectivity index (χ0) is 14.0. The highest BCUT2D eigenvalue weighted by molar-refractivity contribution is 7.11. The molecule has 6 heteroatoms. The van der Waals surface area contributed by atoms with Gasteiger partial charge in [-0.15, -0.1) is 11.3 Å². The van der Waals surface area contributed by atoms with Gasteiger partial charge in [-0.1, -0.05) is 35.3 Å². The van der Waals surface area contributed by atoms with E-state index in [1.165, 1.54) is 0 Å². The van der Waals surface area contributed by atoms with E-state index in [4.69, 9.17) is 29.0 Å². The lowest BCUT2D eigenvalue weighted by atomic mass is 10.0. The number of hydrazine groups is 1. The van der Waals surface area contributed by atoms with E-state index in [1.54, 1.807) is 17.4 Å². The molecule has 0 saturated heterocycles. The third-order valence-electron chi connectivity index (χ3n) is 2.91. The third kappa shape index (κ3) is 3.27. The number of nitrogens with zero attached hydrogens (tertiary/aromatic N) is 1. The minimum absolute atomic E-state index is 0.0119. The molecule has 0 aliphatic rings. The Bertz CT molecular complexity index is 583. The van der Waals surface area contributed by atoms with E-state index < -0.39 is 0 Å². The van der Waals surface area contributed by atoms with Crippen molar-refractivity contribution in [2.75, 3.05) is 0 Å². The summed E-state index contributed by atoms with van der Waals surface area (Å²) in [7, 11) is 0. The summed E-state index contributed by atoms with van der Waals surface area (Å²) in [6.45, 7) is 3.98. The maximum absolute atomic E-state index is 6.21. The van der Waals surface area contributed by atoms with Crippen LogP contribution >= 0.6 is 34.5 Å². The second-order valence-corrected chi connectivity index (χ2v) is 6.34. The van der Waals surface area contributed by atoms with Crippen LogP contribution in [0.4, 0.5) is 0 Å². The Labute approximate surface area is 126 Å². The molecule has 0 aliphatic heterocycles. The molecule has 0 bridgehead atoms. The molecule has 2 rings (SSSR count). The van der Waals surface area contributed by atoms with Crippen LogP contribution in [0.1, 0.15) is 27.2 Å². The molecule has 3 N–H and O–H groups in total. The predicted octanol–water partition coefficient (Wildman–Crippen LogP) is 3.81. The van der Waals surface area contributed by atoms with Gasteiger partial charge in [0.15, 0.2) is 0 Å². The number of aromatic nitrogens is 1. The van der Waals surface area contributed by atoms with Crippen LogP contribution in [0.15, 0.2) is 18.2 Å². The maximum atomic E-state index is 6.21. The highest BCUT2D eigenvalue weighted by Gasteiger charge is 2.18. The number of nitrogens with two attached hydrogens (primary N) is 1. The number of hydrogen-bond donors (Lipinski definition) is 2. The Hall–Kier alpha value is -0.650. The molecule has 0 saturated carbocycles. The molecular weight excluding hydrogens is 301 g/mol. The monoisotopic (exact) mass is 315 g/mol. The van der Waals surface area contributed by atoms with E-state index >= 15 is 0 Å². The van der Waals surface area contributed by atoms with Crippen molar-refractivity contribution in [3.8, 4) is 0 Å². The van der Waals surface area contributed by atoms with Crippen molar-refractivity contribution in [3.05, 3.63) is 49.4 Å². The van der Waals surface area contributed by atoms with E-state index in [0.717, 1.165) is 21.1 Å². The van der Waals surface area contributed by atoms with Crippen molar-refractivity contribution in [3.63, 3.8) is 0 Å². The summed E-state index contributed by atoms with van der Waals surface area (Å²) < 4.78 is 0. The van der Waals surface area contributed by atoms with E-state index in [0.29, 0.717) is 16.5 Å². The number of benzene rings is 1. The molecule has 2 aromatic rings. The van der Waals surface area contributed by atoms with Crippen molar-refractivity contribution in [1.29, 1.82) is 0 Å². The average molecular weight is 316 g/mol. The summed E-state index contributed by atoms with van der Waals surface area (Å²) >= 11 is 13.9. The van der Waals surface area contributed by atoms with Gasteiger partial charge in [-0.25, -0.2) is 4.98 Å². The first-order chi connectivity index (χ1) is 9.02. The van der Waals surface area contributed by atoms with Crippen LogP contribution < -0.4 is 11.3 Å². The first-order valence-electron chi connectivity index (χ1n) is 5.86. The molecule has 0 spiro atoms. The summed E-state index contributed by atoms with van der Waals surface area (Å²) in [6, 6.07) is 5.62. The number of thiazole rings is 1. The zero-order valence-corrected chi connectivity index (χ0v) is 13.0. The standard InChI is InChI=1S/C13H15Cl2N3S/c1-7-13(19-8(2)17-7)11(18-16)6-9-4-3-5-10(14)12(9)15/h3-5,11,18H,6,16H2,1-2H3. The van der Waals surface area contributed by atoms with Gasteiger partial charge in [0.05, 0.1) is 26.8 Å². The minimum Gasteiger partial charge on any atom is -0.271 e. The number of hydrogen-bond acceptors (Lipinski definition) is 4. The second kappa shape index (κ2) is 6.20. The van der Waals surface area contributed by atoms with Crippen molar-refractivity contribution in [1.82, 2.24) is 10.4 Å². The largest absolute Gasteiger partial charge is 0.271 e. The van der Waals surface area contributed by atoms with Gasteiger partial charge < -0.3 is 0 Å². The van der Waals surface area contributed by atoms with Gasteiger partial charge in [0.1, 0.15) is 0 Å². The molecule has 1 atom stereocenters. The summed E-state index contributed by atoms with van der Waals surface area (Å²) in [5, 5.41) is 2.18. The molecule has 1 aromatic heterocycles. The SMILES string of the molecule is Cc1nc(C)c(C(Cc2cccc(Cl)c2Cl)NN)s1. The molecule has 0 radical (unpaired) electrons. The first kappa shape index (κ1) is 14.8. The van der Waals surface area contributed by atoms with Crippen molar-refractivity contribution >= 4 is 34.5 Å². The third-order valence-corrected chi connectivity index (χ3v) is 4.96. The molecular formula is C13H15Cl2N3S. The Morgan fingerprint density at radius 2 is 2.11 bits per heavy atom. The Balaban J connectivity index is 2.29. The minimum atomic E-state index is -0.0119. The molecule has 3 nitrogen and oxygen atoms in total.